The maximum absolute atomic E-state index is 12.1. The summed E-state index contributed by atoms with van der Waals surface area (Å²) < 4.78 is 0. The molecule has 0 saturated carbocycles. The predicted octanol–water partition coefficient (Wildman–Crippen LogP) is 3.43. The summed E-state index contributed by atoms with van der Waals surface area (Å²) in [4.78, 5) is 14.3. The van der Waals surface area contributed by atoms with Gasteiger partial charge in [0.05, 0.1) is 11.4 Å². The van der Waals surface area contributed by atoms with Gasteiger partial charge in [-0.3, -0.25) is 4.79 Å². The van der Waals surface area contributed by atoms with Crippen molar-refractivity contribution in [2.24, 2.45) is 0 Å². The van der Waals surface area contributed by atoms with Crippen LogP contribution in [0.5, 0.6) is 0 Å². The van der Waals surface area contributed by atoms with Crippen LogP contribution in [0.1, 0.15) is 18.9 Å². The van der Waals surface area contributed by atoms with Crippen LogP contribution in [0.15, 0.2) is 48.5 Å². The Hall–Kier alpha value is -2.49. The molecule has 0 aliphatic carbocycles. The van der Waals surface area contributed by atoms with E-state index >= 15 is 0 Å². The smallest absolute Gasteiger partial charge is 0.226 e. The molecule has 116 valence electrons. The van der Waals surface area contributed by atoms with Crippen LogP contribution in [0.3, 0.4) is 0 Å². The minimum absolute atomic E-state index is 0.0232. The lowest BCUT2D eigenvalue weighted by Gasteiger charge is -2.24. The molecule has 0 unspecified atom stereocenters. The number of nitrogen functional groups attached to an aromatic ring is 1. The zero-order valence-electron chi connectivity index (χ0n) is 13.2. The largest absolute Gasteiger partial charge is 0.397 e. The summed E-state index contributed by atoms with van der Waals surface area (Å²) in [6.07, 6.45) is 0.427. The monoisotopic (exact) mass is 297 g/mol. The van der Waals surface area contributed by atoms with E-state index in [2.05, 4.69) is 36.2 Å². The van der Waals surface area contributed by atoms with Gasteiger partial charge in [-0.1, -0.05) is 30.3 Å². The van der Waals surface area contributed by atoms with E-state index in [1.165, 1.54) is 11.3 Å². The third kappa shape index (κ3) is 4.01. The first-order chi connectivity index (χ1) is 10.6. The Labute approximate surface area is 131 Å². The number of rotatable bonds is 6. The fourth-order valence-electron chi connectivity index (χ4n) is 2.43. The molecule has 0 aliphatic heterocycles. The fourth-order valence-corrected chi connectivity index (χ4v) is 2.43. The van der Waals surface area contributed by atoms with Gasteiger partial charge in [-0.15, -0.1) is 0 Å². The molecular weight excluding hydrogens is 274 g/mol. The number of hydrogen-bond donors (Lipinski definition) is 2. The van der Waals surface area contributed by atoms with Crippen LogP contribution in [0, 0.1) is 6.92 Å². The second-order valence-electron chi connectivity index (χ2n) is 5.25. The van der Waals surface area contributed by atoms with Crippen LogP contribution in [0.2, 0.25) is 0 Å². The van der Waals surface area contributed by atoms with E-state index in [0.717, 1.165) is 6.54 Å². The first-order valence-corrected chi connectivity index (χ1v) is 7.56. The van der Waals surface area contributed by atoms with Gasteiger partial charge in [-0.2, -0.15) is 0 Å². The van der Waals surface area contributed by atoms with Crippen LogP contribution in [0.25, 0.3) is 0 Å². The average molecular weight is 297 g/mol. The molecule has 0 heterocycles. The van der Waals surface area contributed by atoms with Gasteiger partial charge in [0.25, 0.3) is 0 Å². The van der Waals surface area contributed by atoms with Gasteiger partial charge in [0, 0.05) is 25.2 Å². The van der Waals surface area contributed by atoms with Crippen LogP contribution >= 0.6 is 0 Å². The summed E-state index contributed by atoms with van der Waals surface area (Å²) in [5, 5.41) is 2.87. The normalized spacial score (nSPS) is 10.3. The minimum atomic E-state index is -0.0232. The number of amides is 1. The Bertz CT molecular complexity index is 640. The molecule has 0 atom stereocenters. The molecule has 4 heteroatoms. The Morgan fingerprint density at radius 1 is 1.14 bits per heavy atom. The lowest BCUT2D eigenvalue weighted by atomic mass is 10.1. The zero-order valence-corrected chi connectivity index (χ0v) is 13.2. The quantitative estimate of drug-likeness (QED) is 0.803. The summed E-state index contributed by atoms with van der Waals surface area (Å²) in [6, 6.07) is 15.5. The molecule has 2 rings (SSSR count). The SMILES string of the molecule is CCN(CCC(=O)Nc1ccccc1N)c1ccccc1C. The number of benzene rings is 2. The van der Waals surface area contributed by atoms with Crippen LogP contribution in [-0.4, -0.2) is 19.0 Å². The van der Waals surface area contributed by atoms with Gasteiger partial charge in [0.15, 0.2) is 0 Å². The summed E-state index contributed by atoms with van der Waals surface area (Å²) in [5.41, 5.74) is 9.49. The fraction of sp³-hybridized carbons (Fsp3) is 0.278. The molecule has 4 nitrogen and oxygen atoms in total. The molecule has 0 saturated heterocycles. The topological polar surface area (TPSA) is 58.4 Å². The minimum Gasteiger partial charge on any atom is -0.397 e. The highest BCUT2D eigenvalue weighted by Gasteiger charge is 2.10. The summed E-state index contributed by atoms with van der Waals surface area (Å²) in [6.45, 7) is 5.73. The maximum Gasteiger partial charge on any atom is 0.226 e. The number of anilines is 3. The van der Waals surface area contributed by atoms with E-state index in [4.69, 9.17) is 5.73 Å². The van der Waals surface area contributed by atoms with Crippen molar-refractivity contribution in [2.45, 2.75) is 20.3 Å². The molecule has 0 spiro atoms. The van der Waals surface area contributed by atoms with Crippen molar-refractivity contribution in [3.05, 3.63) is 54.1 Å². The average Bonchev–Trinajstić information content (AvgIpc) is 2.52. The maximum atomic E-state index is 12.1. The molecule has 0 radical (unpaired) electrons. The van der Waals surface area contributed by atoms with Gasteiger partial charge in [0.2, 0.25) is 5.91 Å². The van der Waals surface area contributed by atoms with Crippen molar-refractivity contribution in [3.8, 4) is 0 Å². The predicted molar refractivity (Wildman–Crippen MR) is 93.2 cm³/mol. The van der Waals surface area contributed by atoms with Crippen LogP contribution in [-0.2, 0) is 4.79 Å². The number of aryl methyl sites for hydroxylation is 1. The molecule has 0 bridgehead atoms. The van der Waals surface area contributed by atoms with E-state index in [0.29, 0.717) is 24.3 Å². The number of para-hydroxylation sites is 3. The van der Waals surface area contributed by atoms with Gasteiger partial charge in [-0.25, -0.2) is 0 Å². The summed E-state index contributed by atoms with van der Waals surface area (Å²) >= 11 is 0. The Balaban J connectivity index is 1.95. The Kier molecular flexibility index (Phi) is 5.42. The molecule has 22 heavy (non-hydrogen) atoms. The van der Waals surface area contributed by atoms with Crippen molar-refractivity contribution < 1.29 is 4.79 Å². The number of hydrogen-bond acceptors (Lipinski definition) is 3. The van der Waals surface area contributed by atoms with Crippen molar-refractivity contribution in [2.75, 3.05) is 29.0 Å². The molecule has 1 amide bonds. The molecule has 0 aromatic heterocycles. The lowest BCUT2D eigenvalue weighted by Crippen LogP contribution is -2.28. The lowest BCUT2D eigenvalue weighted by molar-refractivity contribution is -0.116. The number of carbonyl (C=O) groups excluding carboxylic acids is 1. The standard InChI is InChI=1S/C18H23N3O/c1-3-21(17-11-7-4-8-14(17)2)13-12-18(22)20-16-10-6-5-9-15(16)19/h4-11H,3,12-13,19H2,1-2H3,(H,20,22). The molecular formula is C18H23N3O. The molecule has 0 aliphatic rings. The van der Waals surface area contributed by atoms with Crippen molar-refractivity contribution in [1.82, 2.24) is 0 Å². The Morgan fingerprint density at radius 2 is 1.82 bits per heavy atom. The molecule has 0 fully saturated rings. The van der Waals surface area contributed by atoms with Crippen molar-refractivity contribution >= 4 is 23.0 Å². The first kappa shape index (κ1) is 15.9. The van der Waals surface area contributed by atoms with Gasteiger partial charge in [0.1, 0.15) is 0 Å². The van der Waals surface area contributed by atoms with Gasteiger partial charge in [-0.05, 0) is 37.6 Å². The highest BCUT2D eigenvalue weighted by atomic mass is 16.1. The first-order valence-electron chi connectivity index (χ1n) is 7.56. The van der Waals surface area contributed by atoms with Gasteiger partial charge >= 0.3 is 0 Å². The van der Waals surface area contributed by atoms with E-state index in [-0.39, 0.29) is 5.91 Å². The third-order valence-electron chi connectivity index (χ3n) is 3.68. The van der Waals surface area contributed by atoms with Crippen molar-refractivity contribution in [3.63, 3.8) is 0 Å². The number of nitrogens with two attached hydrogens (primary N) is 1. The number of nitrogens with zero attached hydrogens (tertiary/aromatic N) is 1. The van der Waals surface area contributed by atoms with E-state index in [9.17, 15) is 4.79 Å². The summed E-state index contributed by atoms with van der Waals surface area (Å²) in [7, 11) is 0. The molecule has 2 aromatic carbocycles. The molecule has 3 N–H and O–H groups in total. The number of nitrogens with one attached hydrogen (secondary N) is 1. The van der Waals surface area contributed by atoms with Crippen molar-refractivity contribution in [1.29, 1.82) is 0 Å². The van der Waals surface area contributed by atoms with E-state index < -0.39 is 0 Å². The second kappa shape index (κ2) is 7.50. The Morgan fingerprint density at radius 3 is 2.50 bits per heavy atom. The van der Waals surface area contributed by atoms with Gasteiger partial charge < -0.3 is 16.0 Å². The van der Waals surface area contributed by atoms with E-state index in [1.54, 1.807) is 6.07 Å². The van der Waals surface area contributed by atoms with E-state index in [1.807, 2.05) is 30.3 Å². The zero-order chi connectivity index (χ0) is 15.9. The van der Waals surface area contributed by atoms with Crippen LogP contribution < -0.4 is 16.0 Å². The third-order valence-corrected chi connectivity index (χ3v) is 3.68. The number of carbonyl (C=O) groups is 1. The highest BCUT2D eigenvalue weighted by Crippen LogP contribution is 2.20. The molecule has 2 aromatic rings. The summed E-state index contributed by atoms with van der Waals surface area (Å²) in [5.74, 6) is -0.0232. The highest BCUT2D eigenvalue weighted by molar-refractivity contribution is 5.94. The van der Waals surface area contributed by atoms with Crippen LogP contribution in [0.4, 0.5) is 17.1 Å². The second-order valence-corrected chi connectivity index (χ2v) is 5.25.